The molecule has 0 aliphatic rings. The first-order valence-corrected chi connectivity index (χ1v) is 6.19. The summed E-state index contributed by atoms with van der Waals surface area (Å²) < 4.78 is 37.0. The summed E-state index contributed by atoms with van der Waals surface area (Å²) in [5.74, 6) is -0.780. The number of hydrogen-bond acceptors (Lipinski definition) is 6. The third kappa shape index (κ3) is 9.04. The van der Waals surface area contributed by atoms with Gasteiger partial charge in [-0.05, 0) is 37.1 Å². The van der Waals surface area contributed by atoms with Gasteiger partial charge in [-0.1, -0.05) is 0 Å². The molecule has 0 bridgehead atoms. The Morgan fingerprint density at radius 1 is 1.16 bits per heavy atom. The Morgan fingerprint density at radius 3 is 2.11 bits per heavy atom. The van der Waals surface area contributed by atoms with E-state index in [0.717, 1.165) is 12.1 Å². The Hall–Kier alpha value is 0.400. The van der Waals surface area contributed by atoms with Gasteiger partial charge in [-0.15, -0.1) is 0 Å². The van der Waals surface area contributed by atoms with E-state index in [1.807, 2.05) is 0 Å². The van der Waals surface area contributed by atoms with Crippen molar-refractivity contribution in [3.8, 4) is 5.75 Å². The largest absolute Gasteiger partial charge is 1.00 e. The first-order valence-electron chi connectivity index (χ1n) is 4.78. The summed E-state index contributed by atoms with van der Waals surface area (Å²) in [6.07, 6.45) is 0.191. The maximum absolute atomic E-state index is 10.6. The van der Waals surface area contributed by atoms with E-state index in [-0.39, 0.29) is 77.0 Å². The van der Waals surface area contributed by atoms with Crippen LogP contribution in [0, 0.1) is 0 Å². The zero-order chi connectivity index (χ0) is 12.9. The van der Waals surface area contributed by atoms with Crippen LogP contribution in [0.5, 0.6) is 5.75 Å². The van der Waals surface area contributed by atoms with Crippen LogP contribution in [0.2, 0.25) is 0 Å². The van der Waals surface area contributed by atoms with E-state index in [4.69, 9.17) is 4.74 Å². The van der Waals surface area contributed by atoms with Gasteiger partial charge in [0.2, 0.25) is 0 Å². The van der Waals surface area contributed by atoms with Gasteiger partial charge < -0.3 is 19.2 Å². The minimum Gasteiger partial charge on any atom is -0.744 e. The Morgan fingerprint density at radius 2 is 1.68 bits per heavy atom. The van der Waals surface area contributed by atoms with E-state index < -0.39 is 16.1 Å². The molecule has 0 saturated carbocycles. The molecule has 0 amide bonds. The molecule has 1 rings (SSSR count). The Kier molecular flexibility index (Phi) is 11.6. The second-order valence-corrected chi connectivity index (χ2v) is 4.63. The minimum absolute atomic E-state index is 0. The fraction of sp³-hybridized carbons (Fsp3) is 0.300. The zero-order valence-electron chi connectivity index (χ0n) is 10.8. The predicted molar refractivity (Wildman–Crippen MR) is 54.1 cm³/mol. The number of carbonyl (C=O) groups excluding carboxylic acids is 1. The van der Waals surface area contributed by atoms with Crippen LogP contribution in [-0.2, 0) is 14.9 Å². The Balaban J connectivity index is 0. The van der Waals surface area contributed by atoms with Crippen LogP contribution in [-0.4, -0.2) is 25.5 Å². The van der Waals surface area contributed by atoms with Crippen LogP contribution in [0.15, 0.2) is 29.2 Å². The molecule has 0 unspecified atom stereocenters. The van der Waals surface area contributed by atoms with Crippen molar-refractivity contribution in [1.82, 2.24) is 0 Å². The molecule has 0 aliphatic carbocycles. The normalized spacial score (nSPS) is 9.95. The first kappa shape index (κ1) is 21.7. The van der Waals surface area contributed by atoms with Gasteiger partial charge in [0.05, 0.1) is 11.5 Å². The van der Waals surface area contributed by atoms with Gasteiger partial charge in [0.15, 0.2) is 0 Å². The number of rotatable bonds is 6. The number of benzene rings is 1. The maximum atomic E-state index is 10.6. The summed E-state index contributed by atoms with van der Waals surface area (Å²) in [6.45, 7) is 0.178. The van der Waals surface area contributed by atoms with Crippen molar-refractivity contribution in [2.75, 3.05) is 6.61 Å². The van der Waals surface area contributed by atoms with E-state index in [1.54, 1.807) is 0 Å². The minimum atomic E-state index is -4.45. The van der Waals surface area contributed by atoms with Crippen LogP contribution in [0.3, 0.4) is 0 Å². The predicted octanol–water partition coefficient (Wildman–Crippen LogP) is -6.49. The summed E-state index contributed by atoms with van der Waals surface area (Å²) in [6, 6.07) is 4.94. The Labute approximate surface area is 155 Å². The average Bonchev–Trinajstić information content (AvgIpc) is 2.23. The third-order valence-corrected chi connectivity index (χ3v) is 2.76. The molecule has 6 nitrogen and oxygen atoms in total. The average molecular weight is 304 g/mol. The Bertz CT molecular complexity index is 485. The molecule has 1 aromatic rings. The van der Waals surface area contributed by atoms with E-state index in [0.29, 0.717) is 12.2 Å². The standard InChI is InChI=1S/C10H12O6S.2Na/c11-10(12)2-1-7-16-8-3-5-9(6-4-8)17(13,14)15;;/h3-6H,1-2,7H2,(H,11,12)(H,13,14,15);;/q;2*+1/p-2. The van der Waals surface area contributed by atoms with Crippen LogP contribution in [0.25, 0.3) is 0 Å². The summed E-state index contributed by atoms with van der Waals surface area (Å²) in [5.41, 5.74) is 0. The van der Waals surface area contributed by atoms with Crippen molar-refractivity contribution in [3.05, 3.63) is 24.3 Å². The zero-order valence-corrected chi connectivity index (χ0v) is 15.6. The molecule has 0 saturated heterocycles. The molecule has 0 atom stereocenters. The maximum Gasteiger partial charge on any atom is 1.00 e. The molecule has 0 spiro atoms. The molecule has 1 aromatic carbocycles. The molecule has 19 heavy (non-hydrogen) atoms. The number of carboxylic acid groups (broad SMARTS) is 1. The van der Waals surface area contributed by atoms with Gasteiger partial charge in [-0.3, -0.25) is 0 Å². The molecule has 0 N–H and O–H groups in total. The van der Waals surface area contributed by atoms with Crippen molar-refractivity contribution in [2.45, 2.75) is 17.7 Å². The smallest absolute Gasteiger partial charge is 0.744 e. The van der Waals surface area contributed by atoms with E-state index in [2.05, 4.69) is 0 Å². The number of carboxylic acids is 1. The number of carbonyl (C=O) groups is 1. The van der Waals surface area contributed by atoms with Crippen molar-refractivity contribution in [2.24, 2.45) is 0 Å². The summed E-state index contributed by atoms with van der Waals surface area (Å²) in [5, 5.41) is 10.1. The van der Waals surface area contributed by atoms with E-state index in [1.165, 1.54) is 12.1 Å². The van der Waals surface area contributed by atoms with Gasteiger partial charge in [0.25, 0.3) is 0 Å². The van der Waals surface area contributed by atoms with Gasteiger partial charge in [-0.2, -0.15) is 0 Å². The molecule has 9 heteroatoms. The van der Waals surface area contributed by atoms with Crippen LogP contribution in [0.1, 0.15) is 12.8 Å². The SMILES string of the molecule is O=C([O-])CCCOc1ccc(S(=O)(=O)[O-])cc1.[Na+].[Na+]. The number of ether oxygens (including phenoxy) is 1. The van der Waals surface area contributed by atoms with Crippen molar-refractivity contribution < 1.29 is 86.7 Å². The van der Waals surface area contributed by atoms with Crippen molar-refractivity contribution in [3.63, 3.8) is 0 Å². The number of aliphatic carboxylic acids is 1. The second kappa shape index (κ2) is 10.2. The molecule has 0 fully saturated rings. The molecule has 0 radical (unpaired) electrons. The van der Waals surface area contributed by atoms with Crippen LogP contribution < -0.4 is 69.0 Å². The number of hydrogen-bond donors (Lipinski definition) is 0. The van der Waals surface area contributed by atoms with Gasteiger partial charge in [0, 0.05) is 5.97 Å². The monoisotopic (exact) mass is 304 g/mol. The van der Waals surface area contributed by atoms with Crippen molar-refractivity contribution >= 4 is 16.1 Å². The molecule has 0 aliphatic heterocycles. The second-order valence-electron chi connectivity index (χ2n) is 3.25. The quantitative estimate of drug-likeness (QED) is 0.294. The van der Waals surface area contributed by atoms with Gasteiger partial charge in [-0.25, -0.2) is 8.42 Å². The van der Waals surface area contributed by atoms with E-state index >= 15 is 0 Å². The first-order chi connectivity index (χ1) is 7.89. The fourth-order valence-electron chi connectivity index (χ4n) is 1.11. The van der Waals surface area contributed by atoms with Crippen molar-refractivity contribution in [1.29, 1.82) is 0 Å². The summed E-state index contributed by atoms with van der Waals surface area (Å²) >= 11 is 0. The summed E-state index contributed by atoms with van der Waals surface area (Å²) in [4.78, 5) is 9.76. The molecule has 0 aromatic heterocycles. The molecular weight excluding hydrogens is 294 g/mol. The van der Waals surface area contributed by atoms with Crippen LogP contribution in [0.4, 0.5) is 0 Å². The van der Waals surface area contributed by atoms with Crippen LogP contribution >= 0.6 is 0 Å². The van der Waals surface area contributed by atoms with Gasteiger partial charge >= 0.3 is 59.1 Å². The fourth-order valence-corrected chi connectivity index (χ4v) is 1.58. The van der Waals surface area contributed by atoms with Gasteiger partial charge in [0.1, 0.15) is 15.9 Å². The third-order valence-electron chi connectivity index (χ3n) is 1.91. The molecule has 94 valence electrons. The molecule has 0 heterocycles. The van der Waals surface area contributed by atoms with E-state index in [9.17, 15) is 22.9 Å². The summed E-state index contributed by atoms with van der Waals surface area (Å²) in [7, 11) is -4.45. The molecular formula is C10H10Na2O6S. The topological polar surface area (TPSA) is 107 Å².